The van der Waals surface area contributed by atoms with Crippen molar-refractivity contribution in [3.8, 4) is 23.0 Å². The summed E-state index contributed by atoms with van der Waals surface area (Å²) in [6.45, 7) is 1.61. The van der Waals surface area contributed by atoms with Crippen LogP contribution < -0.4 is 14.8 Å². The Morgan fingerprint density at radius 1 is 0.931 bits per heavy atom. The fourth-order valence-corrected chi connectivity index (χ4v) is 2.26. The number of ether oxygens (including phenoxy) is 3. The van der Waals surface area contributed by atoms with Gasteiger partial charge in [0, 0.05) is 5.56 Å². The van der Waals surface area contributed by atoms with Crippen molar-refractivity contribution in [3.05, 3.63) is 54.6 Å². The molecular formula is C20H19N3O6. The second-order valence-corrected chi connectivity index (χ2v) is 5.68. The fourth-order valence-electron chi connectivity index (χ4n) is 2.26. The zero-order valence-corrected chi connectivity index (χ0v) is 15.7. The Bertz CT molecular complexity index is 940. The summed E-state index contributed by atoms with van der Waals surface area (Å²) in [5, 5.41) is 9.95. The first-order valence-corrected chi connectivity index (χ1v) is 8.84. The third kappa shape index (κ3) is 6.06. The zero-order chi connectivity index (χ0) is 20.5. The molecule has 1 amide bonds. The smallest absolute Gasteiger partial charge is 0.344 e. The SMILES string of the molecule is CCOc1ccc(OCC(=O)OCC(=O)Nc2nnc(-c3ccccc3)o2)cc1. The van der Waals surface area contributed by atoms with Crippen LogP contribution in [0.4, 0.5) is 6.01 Å². The molecule has 0 spiro atoms. The molecule has 1 heterocycles. The molecule has 150 valence electrons. The van der Waals surface area contributed by atoms with E-state index in [0.717, 1.165) is 5.56 Å². The average molecular weight is 397 g/mol. The predicted molar refractivity (Wildman–Crippen MR) is 102 cm³/mol. The molecule has 0 aliphatic heterocycles. The number of hydrogen-bond donors (Lipinski definition) is 1. The number of nitrogens with zero attached hydrogens (tertiary/aromatic N) is 2. The van der Waals surface area contributed by atoms with Crippen molar-refractivity contribution in [2.45, 2.75) is 6.92 Å². The maximum atomic E-state index is 11.9. The highest BCUT2D eigenvalue weighted by Gasteiger charge is 2.13. The molecule has 9 heteroatoms. The Labute approximate surface area is 166 Å². The van der Waals surface area contributed by atoms with Crippen molar-refractivity contribution in [2.75, 3.05) is 25.1 Å². The topological polar surface area (TPSA) is 113 Å². The van der Waals surface area contributed by atoms with E-state index < -0.39 is 18.5 Å². The Balaban J connectivity index is 1.40. The van der Waals surface area contributed by atoms with Crippen LogP contribution in [0.15, 0.2) is 59.0 Å². The highest BCUT2D eigenvalue weighted by Crippen LogP contribution is 2.19. The highest BCUT2D eigenvalue weighted by molar-refractivity contribution is 5.91. The molecule has 1 aromatic heterocycles. The average Bonchev–Trinajstić information content (AvgIpc) is 3.21. The molecule has 0 unspecified atom stereocenters. The molecule has 0 atom stereocenters. The molecule has 0 radical (unpaired) electrons. The second kappa shape index (κ2) is 9.88. The van der Waals surface area contributed by atoms with Crippen LogP contribution in [-0.2, 0) is 14.3 Å². The third-order valence-corrected chi connectivity index (χ3v) is 3.55. The molecule has 3 aromatic rings. The molecule has 3 rings (SSSR count). The first kappa shape index (κ1) is 19.9. The van der Waals surface area contributed by atoms with Crippen molar-refractivity contribution >= 4 is 17.9 Å². The van der Waals surface area contributed by atoms with Gasteiger partial charge in [0.05, 0.1) is 6.61 Å². The summed E-state index contributed by atoms with van der Waals surface area (Å²) >= 11 is 0. The Hall–Kier alpha value is -3.88. The van der Waals surface area contributed by atoms with E-state index in [9.17, 15) is 9.59 Å². The summed E-state index contributed by atoms with van der Waals surface area (Å²) in [5.74, 6) is 0.151. The van der Waals surface area contributed by atoms with Crippen molar-refractivity contribution in [1.29, 1.82) is 0 Å². The maximum Gasteiger partial charge on any atom is 0.344 e. The molecule has 1 N–H and O–H groups in total. The molecule has 29 heavy (non-hydrogen) atoms. The normalized spacial score (nSPS) is 10.2. The Morgan fingerprint density at radius 3 is 2.31 bits per heavy atom. The first-order chi connectivity index (χ1) is 14.1. The van der Waals surface area contributed by atoms with Crippen LogP contribution in [0, 0.1) is 0 Å². The number of benzene rings is 2. The van der Waals surface area contributed by atoms with Gasteiger partial charge >= 0.3 is 12.0 Å². The number of esters is 1. The molecule has 0 aliphatic rings. The Kier molecular flexibility index (Phi) is 6.77. The summed E-state index contributed by atoms with van der Waals surface area (Å²) in [6, 6.07) is 15.8. The minimum Gasteiger partial charge on any atom is -0.494 e. The van der Waals surface area contributed by atoms with Crippen LogP contribution in [0.1, 0.15) is 6.92 Å². The zero-order valence-electron chi connectivity index (χ0n) is 15.7. The van der Waals surface area contributed by atoms with E-state index >= 15 is 0 Å². The number of carbonyl (C=O) groups is 2. The lowest BCUT2D eigenvalue weighted by Gasteiger charge is -2.08. The molecule has 0 aliphatic carbocycles. The summed E-state index contributed by atoms with van der Waals surface area (Å²) in [5.41, 5.74) is 0.721. The minimum atomic E-state index is -0.690. The lowest BCUT2D eigenvalue weighted by molar-refractivity contribution is -0.149. The summed E-state index contributed by atoms with van der Waals surface area (Å²) in [4.78, 5) is 23.6. The van der Waals surface area contributed by atoms with E-state index in [-0.39, 0.29) is 18.5 Å². The summed E-state index contributed by atoms with van der Waals surface area (Å²) in [7, 11) is 0. The summed E-state index contributed by atoms with van der Waals surface area (Å²) in [6.07, 6.45) is 0. The minimum absolute atomic E-state index is 0.0875. The molecule has 0 saturated carbocycles. The van der Waals surface area contributed by atoms with E-state index in [2.05, 4.69) is 15.5 Å². The van der Waals surface area contributed by atoms with Gasteiger partial charge in [-0.2, -0.15) is 0 Å². The van der Waals surface area contributed by atoms with Crippen LogP contribution >= 0.6 is 0 Å². The van der Waals surface area contributed by atoms with Gasteiger partial charge in [-0.3, -0.25) is 10.1 Å². The number of amides is 1. The number of hydrogen-bond acceptors (Lipinski definition) is 8. The van der Waals surface area contributed by atoms with Crippen molar-refractivity contribution in [1.82, 2.24) is 10.2 Å². The van der Waals surface area contributed by atoms with E-state index in [0.29, 0.717) is 18.1 Å². The van der Waals surface area contributed by atoms with Gasteiger partial charge in [-0.1, -0.05) is 23.3 Å². The largest absolute Gasteiger partial charge is 0.494 e. The standard InChI is InChI=1S/C20H19N3O6/c1-2-26-15-8-10-16(11-9-15)27-13-18(25)28-12-17(24)21-20-23-22-19(29-20)14-6-4-3-5-7-14/h3-11H,2,12-13H2,1H3,(H,21,23,24). The van der Waals surface area contributed by atoms with Crippen LogP contribution in [0.25, 0.3) is 11.5 Å². The van der Waals surface area contributed by atoms with Crippen molar-refractivity contribution < 1.29 is 28.2 Å². The number of rotatable bonds is 9. The van der Waals surface area contributed by atoms with E-state index in [1.807, 2.05) is 25.1 Å². The predicted octanol–water partition coefficient (Wildman–Crippen LogP) is 2.70. The van der Waals surface area contributed by atoms with Crippen LogP contribution in [0.3, 0.4) is 0 Å². The van der Waals surface area contributed by atoms with Gasteiger partial charge in [0.1, 0.15) is 11.5 Å². The quantitative estimate of drug-likeness (QED) is 0.549. The van der Waals surface area contributed by atoms with Gasteiger partial charge in [0.15, 0.2) is 13.2 Å². The van der Waals surface area contributed by atoms with Crippen molar-refractivity contribution in [3.63, 3.8) is 0 Å². The number of anilines is 1. The number of nitrogens with one attached hydrogen (secondary N) is 1. The van der Waals surface area contributed by atoms with Crippen molar-refractivity contribution in [2.24, 2.45) is 0 Å². The van der Waals surface area contributed by atoms with E-state index in [1.54, 1.807) is 36.4 Å². The third-order valence-electron chi connectivity index (χ3n) is 3.55. The molecule has 2 aromatic carbocycles. The second-order valence-electron chi connectivity index (χ2n) is 5.68. The van der Waals surface area contributed by atoms with Gasteiger partial charge < -0.3 is 18.6 Å². The van der Waals surface area contributed by atoms with Gasteiger partial charge in [0.2, 0.25) is 5.89 Å². The van der Waals surface area contributed by atoms with Gasteiger partial charge in [-0.15, -0.1) is 5.10 Å². The van der Waals surface area contributed by atoms with Gasteiger partial charge in [0.25, 0.3) is 5.91 Å². The lowest BCUT2D eigenvalue weighted by Crippen LogP contribution is -2.23. The monoisotopic (exact) mass is 397 g/mol. The first-order valence-electron chi connectivity index (χ1n) is 8.84. The van der Waals surface area contributed by atoms with Crippen LogP contribution in [0.5, 0.6) is 11.5 Å². The van der Waals surface area contributed by atoms with Gasteiger partial charge in [-0.05, 0) is 43.3 Å². The summed E-state index contributed by atoms with van der Waals surface area (Å²) < 4.78 is 20.8. The molecule has 0 bridgehead atoms. The van der Waals surface area contributed by atoms with E-state index in [4.69, 9.17) is 18.6 Å². The van der Waals surface area contributed by atoms with Crippen LogP contribution in [-0.4, -0.2) is 41.9 Å². The number of carbonyl (C=O) groups excluding carboxylic acids is 2. The highest BCUT2D eigenvalue weighted by atomic mass is 16.6. The fraction of sp³-hybridized carbons (Fsp3) is 0.200. The molecule has 0 fully saturated rings. The van der Waals surface area contributed by atoms with E-state index in [1.165, 1.54) is 0 Å². The molecular weight excluding hydrogens is 378 g/mol. The lowest BCUT2D eigenvalue weighted by atomic mass is 10.2. The maximum absolute atomic E-state index is 11.9. The molecule has 0 saturated heterocycles. The Morgan fingerprint density at radius 2 is 1.62 bits per heavy atom. The molecule has 9 nitrogen and oxygen atoms in total. The van der Waals surface area contributed by atoms with Crippen LogP contribution in [0.2, 0.25) is 0 Å². The number of aromatic nitrogens is 2. The van der Waals surface area contributed by atoms with Gasteiger partial charge in [-0.25, -0.2) is 4.79 Å².